The minimum absolute atomic E-state index is 0.263. The molecule has 1 heterocycles. The fourth-order valence-corrected chi connectivity index (χ4v) is 3.46. The van der Waals surface area contributed by atoms with Crippen LogP contribution in [-0.2, 0) is 9.53 Å². The third-order valence-electron chi connectivity index (χ3n) is 5.38. The Kier molecular flexibility index (Phi) is 12.4. The van der Waals surface area contributed by atoms with Crippen LogP contribution in [0.4, 0.5) is 0 Å². The van der Waals surface area contributed by atoms with Crippen LogP contribution in [-0.4, -0.2) is 35.2 Å². The molecule has 6 heteroatoms. The van der Waals surface area contributed by atoms with Crippen LogP contribution in [0.5, 0.6) is 5.75 Å². The third-order valence-corrected chi connectivity index (χ3v) is 5.38. The van der Waals surface area contributed by atoms with Crippen LogP contribution < -0.4 is 4.74 Å². The van der Waals surface area contributed by atoms with Gasteiger partial charge in [-0.25, -0.2) is 9.59 Å². The number of unbranched alkanes of at least 4 members (excludes halogenated alkanes) is 9. The first-order valence-corrected chi connectivity index (χ1v) is 11.8. The Morgan fingerprint density at radius 2 is 1.39 bits per heavy atom. The predicted molar refractivity (Wildman–Crippen MR) is 129 cm³/mol. The molecule has 0 aliphatic rings. The lowest BCUT2D eigenvalue weighted by Gasteiger charge is -2.07. The van der Waals surface area contributed by atoms with Gasteiger partial charge in [0.25, 0.3) is 0 Å². The molecule has 2 rings (SSSR count). The highest BCUT2D eigenvalue weighted by molar-refractivity contribution is 5.88. The summed E-state index contributed by atoms with van der Waals surface area (Å²) in [5, 5.41) is 8.97. The molecule has 0 saturated carbocycles. The lowest BCUT2D eigenvalue weighted by molar-refractivity contribution is -0.137. The van der Waals surface area contributed by atoms with Gasteiger partial charge in [0.05, 0.1) is 30.7 Å². The van der Waals surface area contributed by atoms with Crippen molar-refractivity contribution in [1.29, 1.82) is 0 Å². The fourth-order valence-electron chi connectivity index (χ4n) is 3.46. The number of carboxylic acid groups (broad SMARTS) is 1. The number of aromatic carboxylic acids is 1. The summed E-state index contributed by atoms with van der Waals surface area (Å²) in [5.74, 6) is -0.521. The quantitative estimate of drug-likeness (QED) is 0.168. The highest BCUT2D eigenvalue weighted by atomic mass is 16.5. The Balaban J connectivity index is 1.46. The van der Waals surface area contributed by atoms with E-state index in [1.165, 1.54) is 44.6 Å². The summed E-state index contributed by atoms with van der Waals surface area (Å²) in [6, 6.07) is 10.5. The Morgan fingerprint density at radius 3 is 1.91 bits per heavy atom. The molecule has 0 spiro atoms. The molecule has 33 heavy (non-hydrogen) atoms. The van der Waals surface area contributed by atoms with Gasteiger partial charge in [-0.15, -0.1) is 0 Å². The van der Waals surface area contributed by atoms with Crippen LogP contribution in [0.3, 0.4) is 0 Å². The van der Waals surface area contributed by atoms with E-state index >= 15 is 0 Å². The molecule has 0 amide bonds. The van der Waals surface area contributed by atoms with Crippen LogP contribution in [0.25, 0.3) is 11.3 Å². The van der Waals surface area contributed by atoms with Gasteiger partial charge in [-0.3, -0.25) is 4.98 Å². The number of carboxylic acids is 1. The van der Waals surface area contributed by atoms with Gasteiger partial charge in [0, 0.05) is 11.6 Å². The van der Waals surface area contributed by atoms with E-state index in [2.05, 4.69) is 11.6 Å². The zero-order chi connectivity index (χ0) is 23.7. The smallest absolute Gasteiger partial charge is 0.335 e. The zero-order valence-electron chi connectivity index (χ0n) is 19.3. The second-order valence-corrected chi connectivity index (χ2v) is 8.02. The number of rotatable bonds is 17. The van der Waals surface area contributed by atoms with Gasteiger partial charge >= 0.3 is 11.9 Å². The Labute approximate surface area is 196 Å². The number of esters is 1. The summed E-state index contributed by atoms with van der Waals surface area (Å²) in [6.07, 6.45) is 14.6. The summed E-state index contributed by atoms with van der Waals surface area (Å²) in [6.45, 7) is 4.56. The maximum Gasteiger partial charge on any atom is 0.335 e. The van der Waals surface area contributed by atoms with Gasteiger partial charge in [0.1, 0.15) is 5.75 Å². The summed E-state index contributed by atoms with van der Waals surface area (Å²) in [5.41, 5.74) is 1.93. The first-order valence-electron chi connectivity index (χ1n) is 11.8. The number of benzene rings is 1. The van der Waals surface area contributed by atoms with Crippen LogP contribution in [0.15, 0.2) is 55.3 Å². The van der Waals surface area contributed by atoms with E-state index in [1.807, 2.05) is 12.1 Å². The predicted octanol–water partition coefficient (Wildman–Crippen LogP) is 6.46. The van der Waals surface area contributed by atoms with Crippen LogP contribution in [0, 0.1) is 0 Å². The maximum absolute atomic E-state index is 10.9. The largest absolute Gasteiger partial charge is 0.492 e. The van der Waals surface area contributed by atoms with Crippen LogP contribution in [0.1, 0.15) is 74.6 Å². The van der Waals surface area contributed by atoms with Crippen molar-refractivity contribution >= 4 is 11.9 Å². The number of nitrogens with zero attached hydrogens (tertiary/aromatic N) is 1. The second-order valence-electron chi connectivity index (χ2n) is 8.02. The van der Waals surface area contributed by atoms with Crippen molar-refractivity contribution in [3.05, 3.63) is 60.8 Å². The minimum atomic E-state index is -0.935. The van der Waals surface area contributed by atoms with Gasteiger partial charge in [0.15, 0.2) is 0 Å². The molecule has 0 aliphatic heterocycles. The summed E-state index contributed by atoms with van der Waals surface area (Å²) in [4.78, 5) is 26.3. The van der Waals surface area contributed by atoms with E-state index in [4.69, 9.17) is 14.6 Å². The number of hydrogen-bond donors (Lipinski definition) is 1. The molecule has 6 nitrogen and oxygen atoms in total. The first kappa shape index (κ1) is 26.1. The molecule has 2 aromatic rings. The highest BCUT2D eigenvalue weighted by Crippen LogP contribution is 2.20. The Morgan fingerprint density at radius 1 is 0.818 bits per heavy atom. The van der Waals surface area contributed by atoms with Crippen molar-refractivity contribution in [2.75, 3.05) is 13.2 Å². The molecule has 0 saturated heterocycles. The second kappa shape index (κ2) is 15.6. The van der Waals surface area contributed by atoms with Crippen molar-refractivity contribution < 1.29 is 24.2 Å². The van der Waals surface area contributed by atoms with E-state index in [0.717, 1.165) is 42.7 Å². The molecule has 1 N–H and O–H groups in total. The average molecular weight is 454 g/mol. The lowest BCUT2D eigenvalue weighted by atomic mass is 10.1. The van der Waals surface area contributed by atoms with Gasteiger partial charge in [-0.05, 0) is 37.1 Å². The average Bonchev–Trinajstić information content (AvgIpc) is 2.84. The van der Waals surface area contributed by atoms with Crippen molar-refractivity contribution in [2.24, 2.45) is 0 Å². The third kappa shape index (κ3) is 10.8. The van der Waals surface area contributed by atoms with E-state index in [9.17, 15) is 9.59 Å². The Hall–Kier alpha value is -3.15. The molecule has 0 radical (unpaired) electrons. The van der Waals surface area contributed by atoms with Crippen molar-refractivity contribution in [3.8, 4) is 17.0 Å². The van der Waals surface area contributed by atoms with Crippen molar-refractivity contribution in [1.82, 2.24) is 4.98 Å². The molecule has 0 atom stereocenters. The lowest BCUT2D eigenvalue weighted by Crippen LogP contribution is -2.01. The minimum Gasteiger partial charge on any atom is -0.492 e. The molecule has 0 unspecified atom stereocenters. The topological polar surface area (TPSA) is 85.7 Å². The van der Waals surface area contributed by atoms with Gasteiger partial charge in [0.2, 0.25) is 0 Å². The monoisotopic (exact) mass is 453 g/mol. The number of carbonyl (C=O) groups is 2. The van der Waals surface area contributed by atoms with E-state index in [1.54, 1.807) is 30.5 Å². The van der Waals surface area contributed by atoms with Gasteiger partial charge in [-0.1, -0.05) is 70.1 Å². The SMILES string of the molecule is C=CC(=O)OCCCCCCCCCCCCOc1ccc(-c2ccc(C(=O)O)cc2)nc1. The van der Waals surface area contributed by atoms with Gasteiger partial charge in [-0.2, -0.15) is 0 Å². The first-order chi connectivity index (χ1) is 16.1. The van der Waals surface area contributed by atoms with Crippen LogP contribution >= 0.6 is 0 Å². The summed E-state index contributed by atoms with van der Waals surface area (Å²) >= 11 is 0. The molecular weight excluding hydrogens is 418 g/mol. The number of hydrogen-bond acceptors (Lipinski definition) is 5. The van der Waals surface area contributed by atoms with Gasteiger partial charge < -0.3 is 14.6 Å². The van der Waals surface area contributed by atoms with Crippen molar-refractivity contribution in [3.63, 3.8) is 0 Å². The Bertz CT molecular complexity index is 846. The number of pyridine rings is 1. The van der Waals surface area contributed by atoms with E-state index < -0.39 is 5.97 Å². The zero-order valence-corrected chi connectivity index (χ0v) is 19.3. The summed E-state index contributed by atoms with van der Waals surface area (Å²) in [7, 11) is 0. The van der Waals surface area contributed by atoms with E-state index in [0.29, 0.717) is 13.2 Å². The molecule has 0 bridgehead atoms. The maximum atomic E-state index is 10.9. The number of aromatic nitrogens is 1. The normalized spacial score (nSPS) is 10.5. The van der Waals surface area contributed by atoms with E-state index in [-0.39, 0.29) is 11.5 Å². The molecule has 0 fully saturated rings. The molecular formula is C27H35NO5. The molecule has 1 aromatic heterocycles. The van der Waals surface area contributed by atoms with Crippen molar-refractivity contribution in [2.45, 2.75) is 64.2 Å². The highest BCUT2D eigenvalue weighted by Gasteiger charge is 2.04. The summed E-state index contributed by atoms with van der Waals surface area (Å²) < 4.78 is 10.7. The van der Waals surface area contributed by atoms with Crippen LogP contribution in [0.2, 0.25) is 0 Å². The molecule has 0 aliphatic carbocycles. The fraction of sp³-hybridized carbons (Fsp3) is 0.444. The number of carbonyl (C=O) groups excluding carboxylic acids is 1. The molecule has 1 aromatic carbocycles. The molecule has 178 valence electrons. The standard InChI is InChI=1S/C27H35NO5/c1-2-26(29)33-20-12-10-8-6-4-3-5-7-9-11-19-32-24-17-18-25(28-21-24)22-13-15-23(16-14-22)27(30)31/h2,13-18,21H,1,3-12,19-20H2,(H,30,31). The number of ether oxygens (including phenoxy) is 2.